The Morgan fingerprint density at radius 1 is 1.38 bits per heavy atom. The first-order valence-corrected chi connectivity index (χ1v) is 5.26. The van der Waals surface area contributed by atoms with Crippen molar-refractivity contribution >= 4 is 34.2 Å². The zero-order chi connectivity index (χ0) is 9.84. The Morgan fingerprint density at radius 2 is 1.92 bits per heavy atom. The summed E-state index contributed by atoms with van der Waals surface area (Å²) in [5, 5.41) is 0. The zero-order valence-electron chi connectivity index (χ0n) is 7.75. The molecule has 2 nitrogen and oxygen atoms in total. The van der Waals surface area contributed by atoms with Crippen molar-refractivity contribution in [3.63, 3.8) is 0 Å². The predicted octanol–water partition coefficient (Wildman–Crippen LogP) is 2.66. The molecular weight excluding hydrogens is 277 g/mol. The lowest BCUT2D eigenvalue weighted by molar-refractivity contribution is -0.116. The first-order chi connectivity index (χ1) is 6.15. The zero-order valence-corrected chi connectivity index (χ0v) is 9.91. The number of nitrogens with zero attached hydrogens (tertiary/aromatic N) is 1. The molecule has 0 saturated carbocycles. The van der Waals surface area contributed by atoms with Crippen molar-refractivity contribution in [3.05, 3.63) is 27.8 Å². The third-order valence-electron chi connectivity index (χ3n) is 1.83. The van der Waals surface area contributed by atoms with Crippen LogP contribution >= 0.6 is 22.6 Å². The molecule has 0 aromatic heterocycles. The van der Waals surface area contributed by atoms with Gasteiger partial charge in [-0.15, -0.1) is 0 Å². The highest BCUT2D eigenvalue weighted by Gasteiger charge is 2.07. The number of halogens is 1. The number of hydrogen-bond acceptors (Lipinski definition) is 1. The Labute approximate surface area is 92.1 Å². The van der Waals surface area contributed by atoms with E-state index in [0.717, 1.165) is 12.2 Å². The van der Waals surface area contributed by atoms with E-state index < -0.39 is 0 Å². The van der Waals surface area contributed by atoms with Crippen LogP contribution in [0.4, 0.5) is 5.69 Å². The molecule has 0 aliphatic rings. The van der Waals surface area contributed by atoms with Gasteiger partial charge in [0.2, 0.25) is 5.91 Å². The molecule has 0 fully saturated rings. The second kappa shape index (κ2) is 4.60. The highest BCUT2D eigenvalue weighted by molar-refractivity contribution is 14.1. The molecule has 1 aromatic rings. The van der Waals surface area contributed by atoms with Crippen molar-refractivity contribution in [2.45, 2.75) is 13.8 Å². The van der Waals surface area contributed by atoms with Crippen molar-refractivity contribution < 1.29 is 4.79 Å². The van der Waals surface area contributed by atoms with E-state index in [1.807, 2.05) is 31.2 Å². The van der Waals surface area contributed by atoms with Gasteiger partial charge in [0.15, 0.2) is 0 Å². The van der Waals surface area contributed by atoms with Crippen molar-refractivity contribution in [3.8, 4) is 0 Å². The van der Waals surface area contributed by atoms with Crippen LogP contribution in [0.15, 0.2) is 24.3 Å². The second-order valence-corrected chi connectivity index (χ2v) is 3.99. The van der Waals surface area contributed by atoms with Gasteiger partial charge in [-0.25, -0.2) is 0 Å². The highest BCUT2D eigenvalue weighted by atomic mass is 127. The summed E-state index contributed by atoms with van der Waals surface area (Å²) in [5.41, 5.74) is 0.968. The van der Waals surface area contributed by atoms with Crippen LogP contribution in [0.25, 0.3) is 0 Å². The van der Waals surface area contributed by atoms with Gasteiger partial charge < -0.3 is 4.90 Å². The number of anilines is 1. The molecule has 0 aliphatic carbocycles. The van der Waals surface area contributed by atoms with E-state index >= 15 is 0 Å². The Balaban J connectivity index is 2.92. The molecule has 0 unspecified atom stereocenters. The fraction of sp³-hybridized carbons (Fsp3) is 0.300. The van der Waals surface area contributed by atoms with Gasteiger partial charge in [0.05, 0.1) is 0 Å². The molecule has 1 amide bonds. The number of hydrogen-bond donors (Lipinski definition) is 0. The van der Waals surface area contributed by atoms with Gasteiger partial charge in [-0.2, -0.15) is 0 Å². The monoisotopic (exact) mass is 289 g/mol. The molecule has 0 saturated heterocycles. The Bertz CT molecular complexity index is 294. The summed E-state index contributed by atoms with van der Waals surface area (Å²) < 4.78 is 1.18. The molecule has 1 aromatic carbocycles. The van der Waals surface area contributed by atoms with E-state index in [9.17, 15) is 4.79 Å². The smallest absolute Gasteiger partial charge is 0.223 e. The summed E-state index contributed by atoms with van der Waals surface area (Å²) >= 11 is 2.25. The molecule has 0 bridgehead atoms. The summed E-state index contributed by atoms with van der Waals surface area (Å²) in [6.07, 6.45) is 0. The van der Waals surface area contributed by atoms with Crippen LogP contribution in [0, 0.1) is 3.57 Å². The lowest BCUT2D eigenvalue weighted by Crippen LogP contribution is -2.27. The number of rotatable bonds is 2. The molecule has 0 radical (unpaired) electrons. The summed E-state index contributed by atoms with van der Waals surface area (Å²) in [6.45, 7) is 4.27. The maximum absolute atomic E-state index is 11.2. The first kappa shape index (κ1) is 10.5. The van der Waals surface area contributed by atoms with Crippen molar-refractivity contribution in [1.82, 2.24) is 0 Å². The van der Waals surface area contributed by atoms with E-state index in [-0.39, 0.29) is 5.91 Å². The van der Waals surface area contributed by atoms with Gasteiger partial charge in [0, 0.05) is 22.7 Å². The second-order valence-electron chi connectivity index (χ2n) is 2.74. The largest absolute Gasteiger partial charge is 0.313 e. The third-order valence-corrected chi connectivity index (χ3v) is 2.55. The number of carbonyl (C=O) groups is 1. The Morgan fingerprint density at radius 3 is 2.31 bits per heavy atom. The number of amides is 1. The third kappa shape index (κ3) is 2.69. The Kier molecular flexibility index (Phi) is 3.71. The molecule has 70 valence electrons. The quantitative estimate of drug-likeness (QED) is 0.766. The minimum atomic E-state index is 0.0868. The highest BCUT2D eigenvalue weighted by Crippen LogP contribution is 2.16. The van der Waals surface area contributed by atoms with Crippen molar-refractivity contribution in [2.75, 3.05) is 11.4 Å². The molecule has 0 spiro atoms. The number of carbonyl (C=O) groups excluding carboxylic acids is 1. The molecular formula is C10H12INO. The standard InChI is InChI=1S/C10H12INO/c1-3-12(8(2)13)10-6-4-9(11)5-7-10/h4-7H,3H2,1-2H3. The van der Waals surface area contributed by atoms with Crippen LogP contribution in [0.2, 0.25) is 0 Å². The van der Waals surface area contributed by atoms with E-state index in [1.54, 1.807) is 11.8 Å². The molecule has 0 N–H and O–H groups in total. The van der Waals surface area contributed by atoms with Crippen LogP contribution in [0.3, 0.4) is 0 Å². The van der Waals surface area contributed by atoms with E-state index in [4.69, 9.17) is 0 Å². The molecule has 3 heteroatoms. The van der Waals surface area contributed by atoms with Crippen LogP contribution in [-0.2, 0) is 4.79 Å². The van der Waals surface area contributed by atoms with Crippen molar-refractivity contribution in [2.24, 2.45) is 0 Å². The topological polar surface area (TPSA) is 20.3 Å². The molecule has 0 atom stereocenters. The molecule has 0 heterocycles. The van der Waals surface area contributed by atoms with E-state index in [2.05, 4.69) is 22.6 Å². The predicted molar refractivity (Wildman–Crippen MR) is 62.9 cm³/mol. The number of benzene rings is 1. The first-order valence-electron chi connectivity index (χ1n) is 4.19. The molecule has 13 heavy (non-hydrogen) atoms. The Hall–Kier alpha value is -0.580. The summed E-state index contributed by atoms with van der Waals surface area (Å²) in [7, 11) is 0. The lowest BCUT2D eigenvalue weighted by atomic mass is 10.3. The minimum Gasteiger partial charge on any atom is -0.313 e. The van der Waals surface area contributed by atoms with Gasteiger partial charge in [0.1, 0.15) is 0 Å². The van der Waals surface area contributed by atoms with Crippen LogP contribution in [-0.4, -0.2) is 12.5 Å². The minimum absolute atomic E-state index is 0.0868. The lowest BCUT2D eigenvalue weighted by Gasteiger charge is -2.18. The van der Waals surface area contributed by atoms with E-state index in [0.29, 0.717) is 0 Å². The normalized spacial score (nSPS) is 9.77. The summed E-state index contributed by atoms with van der Waals surface area (Å²) in [6, 6.07) is 7.93. The van der Waals surface area contributed by atoms with Crippen molar-refractivity contribution in [1.29, 1.82) is 0 Å². The van der Waals surface area contributed by atoms with Gasteiger partial charge >= 0.3 is 0 Å². The van der Waals surface area contributed by atoms with Gasteiger partial charge in [0.25, 0.3) is 0 Å². The van der Waals surface area contributed by atoms with Gasteiger partial charge in [-0.1, -0.05) is 0 Å². The average Bonchev–Trinajstić information content (AvgIpc) is 2.09. The SMILES string of the molecule is CCN(C(C)=O)c1ccc(I)cc1. The van der Waals surface area contributed by atoms with E-state index in [1.165, 1.54) is 3.57 Å². The fourth-order valence-electron chi connectivity index (χ4n) is 1.21. The summed E-state index contributed by atoms with van der Waals surface area (Å²) in [4.78, 5) is 12.9. The molecule has 1 rings (SSSR count). The summed E-state index contributed by atoms with van der Waals surface area (Å²) in [5.74, 6) is 0.0868. The average molecular weight is 289 g/mol. The maximum Gasteiger partial charge on any atom is 0.223 e. The molecule has 0 aliphatic heterocycles. The van der Waals surface area contributed by atoms with Gasteiger partial charge in [-0.05, 0) is 53.8 Å². The van der Waals surface area contributed by atoms with Gasteiger partial charge in [-0.3, -0.25) is 4.79 Å². The van der Waals surface area contributed by atoms with Crippen LogP contribution in [0.5, 0.6) is 0 Å². The van der Waals surface area contributed by atoms with Crippen LogP contribution < -0.4 is 4.90 Å². The van der Waals surface area contributed by atoms with Crippen LogP contribution in [0.1, 0.15) is 13.8 Å². The maximum atomic E-state index is 11.2. The fourth-order valence-corrected chi connectivity index (χ4v) is 1.57.